The van der Waals surface area contributed by atoms with E-state index in [2.05, 4.69) is 149 Å². The van der Waals surface area contributed by atoms with Crippen LogP contribution in [0.1, 0.15) is 0 Å². The molecule has 4 nitrogen and oxygen atoms in total. The van der Waals surface area contributed by atoms with Crippen molar-refractivity contribution in [1.82, 2.24) is 0 Å². The number of anilines is 4. The van der Waals surface area contributed by atoms with E-state index in [0.717, 1.165) is 45.7 Å². The number of hydrogen-bond donors (Lipinski definition) is 0. The molecule has 0 fully saturated rings. The van der Waals surface area contributed by atoms with Gasteiger partial charge in [0.1, 0.15) is 0 Å². The van der Waals surface area contributed by atoms with E-state index in [0.29, 0.717) is 0 Å². The lowest BCUT2D eigenvalue weighted by atomic mass is 9.53. The predicted octanol–water partition coefficient (Wildman–Crippen LogP) is 10.6. The highest BCUT2D eigenvalue weighted by Gasteiger charge is 2.50. The number of para-hydroxylation sites is 2. The Hall–Kier alpha value is -6.20. The summed E-state index contributed by atoms with van der Waals surface area (Å²) in [6.07, 6.45) is 0. The fraction of sp³-hybridized carbons (Fsp3) is 0. The standard InChI is InChI=1S/C42H25BN2O2/c1-3-10-26(11-4-1)28-20-22-34-32(24-28)30-14-7-15-31-33-25-29(27-12-5-2-6-13-27)21-23-35(33)45-37-17-9-19-39-42(37)47-41-36(16-8-18-38(41)46-39)44(34)43(45)40(30)31/h1-25H. The van der Waals surface area contributed by atoms with Crippen molar-refractivity contribution in [2.75, 3.05) is 9.62 Å². The summed E-state index contributed by atoms with van der Waals surface area (Å²) in [5.41, 5.74) is 15.2. The number of hydrogen-bond acceptors (Lipinski definition) is 4. The van der Waals surface area contributed by atoms with Gasteiger partial charge in [0.15, 0.2) is 23.0 Å². The molecule has 7 aromatic rings. The fourth-order valence-electron chi connectivity index (χ4n) is 7.99. The first-order valence-electron chi connectivity index (χ1n) is 16.0. The van der Waals surface area contributed by atoms with Crippen LogP contribution in [0.4, 0.5) is 22.7 Å². The van der Waals surface area contributed by atoms with Crippen molar-refractivity contribution in [3.05, 3.63) is 152 Å². The van der Waals surface area contributed by atoms with Crippen molar-refractivity contribution in [1.29, 1.82) is 0 Å². The van der Waals surface area contributed by atoms with Crippen LogP contribution in [0, 0.1) is 0 Å². The second-order valence-corrected chi connectivity index (χ2v) is 12.5. The molecule has 0 aliphatic carbocycles. The Bertz CT molecular complexity index is 2280. The van der Waals surface area contributed by atoms with Crippen LogP contribution in [0.25, 0.3) is 44.5 Å². The topological polar surface area (TPSA) is 24.9 Å². The second kappa shape index (κ2) is 9.18. The lowest BCUT2D eigenvalue weighted by Crippen LogP contribution is -2.62. The van der Waals surface area contributed by atoms with Crippen LogP contribution in [0.5, 0.6) is 23.0 Å². The molecule has 0 saturated heterocycles. The first kappa shape index (κ1) is 25.0. The Morgan fingerprint density at radius 3 is 1.36 bits per heavy atom. The Labute approximate surface area is 272 Å². The molecule has 47 heavy (non-hydrogen) atoms. The van der Waals surface area contributed by atoms with E-state index in [1.54, 1.807) is 0 Å². The van der Waals surface area contributed by atoms with Crippen molar-refractivity contribution in [2.45, 2.75) is 0 Å². The zero-order valence-corrected chi connectivity index (χ0v) is 25.2. The van der Waals surface area contributed by atoms with Crippen molar-refractivity contribution < 1.29 is 9.47 Å². The van der Waals surface area contributed by atoms with E-state index < -0.39 is 0 Å². The average Bonchev–Trinajstić information content (AvgIpc) is 3.13. The summed E-state index contributed by atoms with van der Waals surface area (Å²) in [5, 5.41) is 0. The smallest absolute Gasteiger partial charge is 0.422 e. The molecule has 0 aromatic heterocycles. The molecule has 0 spiro atoms. The molecule has 0 amide bonds. The third-order valence-electron chi connectivity index (χ3n) is 10.0. The molecule has 7 aromatic carbocycles. The van der Waals surface area contributed by atoms with Gasteiger partial charge in [-0.15, -0.1) is 0 Å². The fourth-order valence-corrected chi connectivity index (χ4v) is 7.99. The van der Waals surface area contributed by atoms with E-state index in [-0.39, 0.29) is 6.98 Å². The van der Waals surface area contributed by atoms with Crippen LogP contribution in [0.2, 0.25) is 0 Å². The highest BCUT2D eigenvalue weighted by molar-refractivity contribution is 6.86. The summed E-state index contributed by atoms with van der Waals surface area (Å²) < 4.78 is 13.4. The van der Waals surface area contributed by atoms with Crippen LogP contribution in [0.15, 0.2) is 152 Å². The number of ether oxygens (including phenoxy) is 2. The van der Waals surface area contributed by atoms with E-state index in [1.807, 2.05) is 12.1 Å². The number of benzene rings is 7. The number of fused-ring (bicyclic) bond motifs is 8. The second-order valence-electron chi connectivity index (χ2n) is 12.5. The first-order valence-corrected chi connectivity index (χ1v) is 16.0. The van der Waals surface area contributed by atoms with Crippen molar-refractivity contribution in [2.24, 2.45) is 0 Å². The van der Waals surface area contributed by atoms with Crippen molar-refractivity contribution >= 4 is 35.2 Å². The molecule has 218 valence electrons. The minimum absolute atomic E-state index is 0.156. The van der Waals surface area contributed by atoms with Gasteiger partial charge in [-0.3, -0.25) is 0 Å². The quantitative estimate of drug-likeness (QED) is 0.184. The summed E-state index contributed by atoms with van der Waals surface area (Å²) in [5.74, 6) is 2.95. The average molecular weight is 600 g/mol. The molecule has 4 heterocycles. The van der Waals surface area contributed by atoms with Gasteiger partial charge in [-0.1, -0.05) is 103 Å². The molecular weight excluding hydrogens is 575 g/mol. The lowest BCUT2D eigenvalue weighted by molar-refractivity contribution is 0.361. The maximum absolute atomic E-state index is 6.88. The number of nitrogens with zero attached hydrogens (tertiary/aromatic N) is 2. The zero-order valence-electron chi connectivity index (χ0n) is 25.2. The molecule has 11 rings (SSSR count). The van der Waals surface area contributed by atoms with Crippen LogP contribution in [0.3, 0.4) is 0 Å². The summed E-state index contributed by atoms with van der Waals surface area (Å²) in [7, 11) is 0. The monoisotopic (exact) mass is 600 g/mol. The van der Waals surface area contributed by atoms with Gasteiger partial charge in [-0.05, 0) is 87.4 Å². The molecule has 4 aliphatic heterocycles. The van der Waals surface area contributed by atoms with E-state index in [9.17, 15) is 0 Å². The Balaban J connectivity index is 1.27. The highest BCUT2D eigenvalue weighted by atomic mass is 16.6. The Morgan fingerprint density at radius 2 is 0.851 bits per heavy atom. The normalized spacial score (nSPS) is 13.7. The van der Waals surface area contributed by atoms with Gasteiger partial charge in [0.05, 0.1) is 11.4 Å². The first-order chi connectivity index (χ1) is 23.3. The van der Waals surface area contributed by atoms with Gasteiger partial charge < -0.3 is 19.1 Å². The largest absolute Gasteiger partial charge is 0.449 e. The van der Waals surface area contributed by atoms with Gasteiger partial charge in [0.25, 0.3) is 0 Å². The van der Waals surface area contributed by atoms with Gasteiger partial charge in [-0.2, -0.15) is 0 Å². The summed E-state index contributed by atoms with van der Waals surface area (Å²) in [6.45, 7) is -0.156. The third kappa shape index (κ3) is 3.38. The van der Waals surface area contributed by atoms with E-state index in [4.69, 9.17) is 9.47 Å². The summed E-state index contributed by atoms with van der Waals surface area (Å²) in [6, 6.07) is 54.3. The van der Waals surface area contributed by atoms with Crippen LogP contribution in [-0.2, 0) is 0 Å². The van der Waals surface area contributed by atoms with Crippen LogP contribution >= 0.6 is 0 Å². The molecule has 0 saturated carbocycles. The van der Waals surface area contributed by atoms with Crippen molar-refractivity contribution in [3.63, 3.8) is 0 Å². The lowest BCUT2D eigenvalue weighted by Gasteiger charge is -2.49. The van der Waals surface area contributed by atoms with Gasteiger partial charge in [-0.25, -0.2) is 0 Å². The van der Waals surface area contributed by atoms with Crippen LogP contribution in [-0.4, -0.2) is 6.98 Å². The Kier molecular flexibility index (Phi) is 4.89. The van der Waals surface area contributed by atoms with Gasteiger partial charge >= 0.3 is 6.98 Å². The molecule has 5 heteroatoms. The SMILES string of the molecule is c1ccc(-c2ccc3c(c2)-c2cccc4c2B2N3c3cccc5c3Oc3c(cccc3N2c2ccc(-c3ccccc3)cc2-4)O5)cc1. The van der Waals surface area contributed by atoms with E-state index >= 15 is 0 Å². The zero-order chi connectivity index (χ0) is 30.6. The Morgan fingerprint density at radius 1 is 0.362 bits per heavy atom. The number of rotatable bonds is 2. The third-order valence-corrected chi connectivity index (χ3v) is 10.0. The van der Waals surface area contributed by atoms with Gasteiger partial charge in [0.2, 0.25) is 0 Å². The maximum atomic E-state index is 6.88. The summed E-state index contributed by atoms with van der Waals surface area (Å²) in [4.78, 5) is 4.93. The molecule has 4 aliphatic rings. The molecule has 0 atom stereocenters. The minimum Gasteiger partial charge on any atom is -0.449 e. The molecular formula is C42H25BN2O2. The maximum Gasteiger partial charge on any atom is 0.422 e. The van der Waals surface area contributed by atoms with E-state index in [1.165, 1.54) is 50.0 Å². The molecule has 0 radical (unpaired) electrons. The molecule has 0 unspecified atom stereocenters. The predicted molar refractivity (Wildman–Crippen MR) is 191 cm³/mol. The van der Waals surface area contributed by atoms with Crippen molar-refractivity contribution in [3.8, 4) is 67.5 Å². The highest BCUT2D eigenvalue weighted by Crippen LogP contribution is 2.60. The molecule has 2 bridgehead atoms. The molecule has 0 N–H and O–H groups in total. The minimum atomic E-state index is -0.156. The summed E-state index contributed by atoms with van der Waals surface area (Å²) >= 11 is 0. The van der Waals surface area contributed by atoms with Gasteiger partial charge in [0, 0.05) is 22.5 Å². The van der Waals surface area contributed by atoms with Crippen LogP contribution < -0.4 is 24.6 Å².